The molecule has 0 aromatic heterocycles. The van der Waals surface area contributed by atoms with Crippen molar-refractivity contribution in [2.75, 3.05) is 26.9 Å². The smallest absolute Gasteiger partial charge is 0.293 e. The standard InChI is InChI=1S/C15H16ClNO5S/c1-3-22-11-7-9(6-10(16)13(11)18)8-12-14(19)17(4-5-21-2)15(20)23-12/h6-8,18H,3-5H2,1-2H3/b12-8+. The highest BCUT2D eigenvalue weighted by atomic mass is 35.5. The van der Waals surface area contributed by atoms with Crippen LogP contribution >= 0.6 is 23.4 Å². The first-order valence-electron chi connectivity index (χ1n) is 6.87. The Bertz CT molecular complexity index is 662. The number of carbonyl (C=O) groups is 2. The minimum Gasteiger partial charge on any atom is -0.503 e. The molecule has 0 unspecified atom stereocenters. The summed E-state index contributed by atoms with van der Waals surface area (Å²) in [5, 5.41) is 9.59. The molecule has 1 aromatic rings. The number of ether oxygens (including phenoxy) is 2. The molecule has 0 spiro atoms. The average Bonchev–Trinajstić information content (AvgIpc) is 2.77. The van der Waals surface area contributed by atoms with Crippen LogP contribution in [0.4, 0.5) is 4.79 Å². The Morgan fingerprint density at radius 3 is 2.78 bits per heavy atom. The average molecular weight is 358 g/mol. The fourth-order valence-electron chi connectivity index (χ4n) is 1.97. The van der Waals surface area contributed by atoms with Gasteiger partial charge in [-0.05, 0) is 42.5 Å². The Balaban J connectivity index is 2.28. The highest BCUT2D eigenvalue weighted by molar-refractivity contribution is 8.18. The van der Waals surface area contributed by atoms with E-state index in [0.29, 0.717) is 12.2 Å². The number of carbonyl (C=O) groups excluding carboxylic acids is 2. The molecule has 1 heterocycles. The SMILES string of the molecule is CCOc1cc(/C=C2/SC(=O)N(CCOC)C2=O)cc(Cl)c1O. The van der Waals surface area contributed by atoms with Crippen LogP contribution in [0.5, 0.6) is 11.5 Å². The quantitative estimate of drug-likeness (QED) is 0.788. The summed E-state index contributed by atoms with van der Waals surface area (Å²) in [7, 11) is 1.50. The number of methoxy groups -OCH3 is 1. The normalized spacial score (nSPS) is 16.5. The van der Waals surface area contributed by atoms with Crippen LogP contribution in [0.3, 0.4) is 0 Å². The van der Waals surface area contributed by atoms with E-state index in [2.05, 4.69) is 0 Å². The van der Waals surface area contributed by atoms with Gasteiger partial charge in [0.25, 0.3) is 11.1 Å². The summed E-state index contributed by atoms with van der Waals surface area (Å²) in [5.74, 6) is -0.303. The third kappa shape index (κ3) is 3.99. The lowest BCUT2D eigenvalue weighted by Crippen LogP contribution is -2.31. The zero-order valence-electron chi connectivity index (χ0n) is 12.7. The molecule has 1 aliphatic heterocycles. The van der Waals surface area contributed by atoms with E-state index in [1.54, 1.807) is 19.1 Å². The first-order chi connectivity index (χ1) is 11.0. The monoisotopic (exact) mass is 357 g/mol. The number of aromatic hydroxyl groups is 1. The molecule has 0 radical (unpaired) electrons. The molecule has 0 bridgehead atoms. The van der Waals surface area contributed by atoms with Gasteiger partial charge in [0.2, 0.25) is 0 Å². The number of thioether (sulfide) groups is 1. The molecule has 1 N–H and O–H groups in total. The Morgan fingerprint density at radius 2 is 2.13 bits per heavy atom. The lowest BCUT2D eigenvalue weighted by molar-refractivity contribution is -0.123. The highest BCUT2D eigenvalue weighted by Gasteiger charge is 2.34. The van der Waals surface area contributed by atoms with Crippen LogP contribution in [0.1, 0.15) is 12.5 Å². The van der Waals surface area contributed by atoms with Gasteiger partial charge < -0.3 is 14.6 Å². The number of halogens is 1. The molecule has 0 atom stereocenters. The molecule has 124 valence electrons. The second-order valence-electron chi connectivity index (χ2n) is 4.61. The third-order valence-electron chi connectivity index (χ3n) is 3.04. The predicted molar refractivity (Wildman–Crippen MR) is 88.8 cm³/mol. The lowest BCUT2D eigenvalue weighted by Gasteiger charge is -2.11. The Morgan fingerprint density at radius 1 is 1.39 bits per heavy atom. The van der Waals surface area contributed by atoms with E-state index < -0.39 is 0 Å². The summed E-state index contributed by atoms with van der Waals surface area (Å²) in [6.45, 7) is 2.63. The van der Waals surface area contributed by atoms with Gasteiger partial charge in [0.1, 0.15) is 0 Å². The van der Waals surface area contributed by atoms with Crippen molar-refractivity contribution in [3.8, 4) is 11.5 Å². The fourth-order valence-corrected chi connectivity index (χ4v) is 3.05. The number of amides is 2. The highest BCUT2D eigenvalue weighted by Crippen LogP contribution is 2.38. The molecule has 0 saturated carbocycles. The molecule has 1 fully saturated rings. The van der Waals surface area contributed by atoms with Gasteiger partial charge in [-0.1, -0.05) is 11.6 Å². The molecule has 0 aliphatic carbocycles. The third-order valence-corrected chi connectivity index (χ3v) is 4.24. The van der Waals surface area contributed by atoms with Crippen LogP contribution in [-0.4, -0.2) is 48.0 Å². The van der Waals surface area contributed by atoms with Gasteiger partial charge in [0.05, 0.1) is 29.7 Å². The van der Waals surface area contributed by atoms with Crippen molar-refractivity contribution in [3.63, 3.8) is 0 Å². The molecule has 2 rings (SSSR count). The molecular formula is C15H16ClNO5S. The Kier molecular flexibility index (Phi) is 5.92. The van der Waals surface area contributed by atoms with Crippen molar-refractivity contribution >= 4 is 40.6 Å². The Labute approximate surface area is 143 Å². The van der Waals surface area contributed by atoms with Crippen molar-refractivity contribution in [2.24, 2.45) is 0 Å². The number of rotatable bonds is 6. The summed E-state index contributed by atoms with van der Waals surface area (Å²) in [6.07, 6.45) is 1.55. The van der Waals surface area contributed by atoms with Crippen molar-refractivity contribution < 1.29 is 24.2 Å². The number of hydrogen-bond donors (Lipinski definition) is 1. The molecule has 8 heteroatoms. The second kappa shape index (κ2) is 7.72. The van der Waals surface area contributed by atoms with E-state index in [4.69, 9.17) is 21.1 Å². The minimum absolute atomic E-state index is 0.112. The number of benzene rings is 1. The molecule has 1 aliphatic rings. The van der Waals surface area contributed by atoms with Crippen LogP contribution < -0.4 is 4.74 Å². The zero-order valence-corrected chi connectivity index (χ0v) is 14.2. The van der Waals surface area contributed by atoms with Crippen LogP contribution in [0.2, 0.25) is 5.02 Å². The summed E-state index contributed by atoms with van der Waals surface area (Å²) >= 11 is 6.81. The first-order valence-corrected chi connectivity index (χ1v) is 8.07. The van der Waals surface area contributed by atoms with Gasteiger partial charge in [-0.25, -0.2) is 0 Å². The van der Waals surface area contributed by atoms with Crippen molar-refractivity contribution in [1.29, 1.82) is 0 Å². The number of imide groups is 1. The van der Waals surface area contributed by atoms with Gasteiger partial charge in [0.15, 0.2) is 11.5 Å². The summed E-state index contributed by atoms with van der Waals surface area (Å²) in [4.78, 5) is 25.5. The second-order valence-corrected chi connectivity index (χ2v) is 6.01. The van der Waals surface area contributed by atoms with Gasteiger partial charge in [-0.15, -0.1) is 0 Å². The molecule has 23 heavy (non-hydrogen) atoms. The topological polar surface area (TPSA) is 76.1 Å². The predicted octanol–water partition coefficient (Wildman–Crippen LogP) is 3.13. The van der Waals surface area contributed by atoms with Gasteiger partial charge in [-0.3, -0.25) is 14.5 Å². The van der Waals surface area contributed by atoms with Crippen molar-refractivity contribution in [1.82, 2.24) is 4.90 Å². The van der Waals surface area contributed by atoms with Crippen LogP contribution in [0, 0.1) is 0 Å². The summed E-state index contributed by atoms with van der Waals surface area (Å²) in [6, 6.07) is 3.07. The molecule has 1 saturated heterocycles. The zero-order chi connectivity index (χ0) is 17.0. The number of nitrogens with zero attached hydrogens (tertiary/aromatic N) is 1. The van der Waals surface area contributed by atoms with E-state index in [0.717, 1.165) is 16.7 Å². The summed E-state index contributed by atoms with van der Waals surface area (Å²) < 4.78 is 10.2. The maximum atomic E-state index is 12.2. The number of phenols is 1. The minimum atomic E-state index is -0.376. The van der Waals surface area contributed by atoms with Crippen molar-refractivity contribution in [3.05, 3.63) is 27.6 Å². The largest absolute Gasteiger partial charge is 0.503 e. The fraction of sp³-hybridized carbons (Fsp3) is 0.333. The van der Waals surface area contributed by atoms with E-state index in [-0.39, 0.29) is 45.7 Å². The van der Waals surface area contributed by atoms with Crippen LogP contribution in [0.25, 0.3) is 6.08 Å². The van der Waals surface area contributed by atoms with Gasteiger partial charge in [0, 0.05) is 7.11 Å². The molecular weight excluding hydrogens is 342 g/mol. The van der Waals surface area contributed by atoms with Gasteiger partial charge >= 0.3 is 0 Å². The van der Waals surface area contributed by atoms with E-state index in [1.165, 1.54) is 13.2 Å². The van der Waals surface area contributed by atoms with Crippen molar-refractivity contribution in [2.45, 2.75) is 6.92 Å². The molecule has 6 nitrogen and oxygen atoms in total. The number of phenolic OH excluding ortho intramolecular Hbond substituents is 1. The summed E-state index contributed by atoms with van der Waals surface area (Å²) in [5.41, 5.74) is 0.563. The lowest BCUT2D eigenvalue weighted by atomic mass is 10.2. The maximum absolute atomic E-state index is 12.2. The number of hydrogen-bond acceptors (Lipinski definition) is 6. The van der Waals surface area contributed by atoms with E-state index >= 15 is 0 Å². The van der Waals surface area contributed by atoms with Crippen LogP contribution in [0.15, 0.2) is 17.0 Å². The maximum Gasteiger partial charge on any atom is 0.293 e. The van der Waals surface area contributed by atoms with Gasteiger partial charge in [-0.2, -0.15) is 0 Å². The Hall–Kier alpha value is -1.70. The van der Waals surface area contributed by atoms with E-state index in [9.17, 15) is 14.7 Å². The van der Waals surface area contributed by atoms with Crippen LogP contribution in [-0.2, 0) is 9.53 Å². The van der Waals surface area contributed by atoms with E-state index in [1.807, 2.05) is 0 Å². The molecule has 1 aromatic carbocycles. The first kappa shape index (κ1) is 17.7. The molecule has 2 amide bonds.